The standard InChI is InChI=1S/C20H14ClN3OS/c21-15-8-10-16(11-9-15)23-20-24(13-14-5-2-1-3-6-14)19(25)17-7-4-12-22-18(17)26-20/h1-12H,13H2/b23-20-. The Bertz CT molecular complexity index is 1180. The van der Waals surface area contributed by atoms with E-state index in [2.05, 4.69) is 9.98 Å². The molecule has 4 rings (SSSR count). The molecular formula is C20H14ClN3OS. The summed E-state index contributed by atoms with van der Waals surface area (Å²) in [5, 5.41) is 1.25. The van der Waals surface area contributed by atoms with Gasteiger partial charge in [-0.05, 0) is 42.0 Å². The number of halogens is 1. The van der Waals surface area contributed by atoms with E-state index in [1.54, 1.807) is 35.0 Å². The minimum Gasteiger partial charge on any atom is -0.279 e. The Kier molecular flexibility index (Phi) is 4.65. The Balaban J connectivity index is 1.96. The first-order valence-electron chi connectivity index (χ1n) is 8.03. The van der Waals surface area contributed by atoms with Gasteiger partial charge in [-0.25, -0.2) is 9.98 Å². The van der Waals surface area contributed by atoms with E-state index in [-0.39, 0.29) is 5.56 Å². The highest BCUT2D eigenvalue weighted by Crippen LogP contribution is 2.16. The fraction of sp³-hybridized carbons (Fsp3) is 0.0500. The van der Waals surface area contributed by atoms with E-state index in [9.17, 15) is 4.79 Å². The molecule has 2 aromatic carbocycles. The van der Waals surface area contributed by atoms with Crippen LogP contribution in [0.4, 0.5) is 5.69 Å². The van der Waals surface area contributed by atoms with E-state index in [0.29, 0.717) is 26.6 Å². The minimum absolute atomic E-state index is 0.0941. The predicted molar refractivity (Wildman–Crippen MR) is 106 cm³/mol. The third-order valence-electron chi connectivity index (χ3n) is 3.90. The van der Waals surface area contributed by atoms with Crippen molar-refractivity contribution in [2.75, 3.05) is 0 Å². The van der Waals surface area contributed by atoms with Crippen LogP contribution < -0.4 is 10.4 Å². The minimum atomic E-state index is -0.0941. The molecule has 0 amide bonds. The Morgan fingerprint density at radius 2 is 1.77 bits per heavy atom. The number of aromatic nitrogens is 2. The molecule has 0 saturated carbocycles. The van der Waals surface area contributed by atoms with E-state index in [4.69, 9.17) is 11.6 Å². The molecule has 128 valence electrons. The highest BCUT2D eigenvalue weighted by Gasteiger charge is 2.08. The fourth-order valence-corrected chi connectivity index (χ4v) is 3.71. The van der Waals surface area contributed by atoms with Crippen molar-refractivity contribution in [3.05, 3.63) is 98.7 Å². The van der Waals surface area contributed by atoms with E-state index in [1.165, 1.54) is 11.3 Å². The number of benzene rings is 2. The number of nitrogens with zero attached hydrogens (tertiary/aromatic N) is 3. The van der Waals surface area contributed by atoms with Crippen LogP contribution in [-0.2, 0) is 6.54 Å². The van der Waals surface area contributed by atoms with Crippen LogP contribution in [0.1, 0.15) is 5.56 Å². The average Bonchev–Trinajstić information content (AvgIpc) is 2.67. The molecular weight excluding hydrogens is 366 g/mol. The normalized spacial score (nSPS) is 11.8. The average molecular weight is 380 g/mol. The smallest absolute Gasteiger partial charge is 0.263 e. The molecule has 0 aliphatic rings. The van der Waals surface area contributed by atoms with Gasteiger partial charge >= 0.3 is 0 Å². The van der Waals surface area contributed by atoms with Gasteiger partial charge in [-0.1, -0.05) is 53.3 Å². The van der Waals surface area contributed by atoms with Crippen molar-refractivity contribution in [2.24, 2.45) is 4.99 Å². The molecule has 0 aliphatic heterocycles. The molecule has 2 heterocycles. The van der Waals surface area contributed by atoms with Crippen molar-refractivity contribution in [1.29, 1.82) is 0 Å². The summed E-state index contributed by atoms with van der Waals surface area (Å²) in [5.41, 5.74) is 1.68. The molecule has 0 radical (unpaired) electrons. The van der Waals surface area contributed by atoms with Gasteiger partial charge in [0.15, 0.2) is 4.80 Å². The third-order valence-corrected chi connectivity index (χ3v) is 5.17. The number of pyridine rings is 1. The van der Waals surface area contributed by atoms with Gasteiger partial charge in [0.1, 0.15) is 4.83 Å². The Hall–Kier alpha value is -2.76. The number of hydrogen-bond donors (Lipinski definition) is 0. The van der Waals surface area contributed by atoms with Crippen LogP contribution in [0.3, 0.4) is 0 Å². The molecule has 0 bridgehead atoms. The van der Waals surface area contributed by atoms with Crippen LogP contribution in [0.25, 0.3) is 10.2 Å². The highest BCUT2D eigenvalue weighted by atomic mass is 35.5. The summed E-state index contributed by atoms with van der Waals surface area (Å²) in [5.74, 6) is 0. The Morgan fingerprint density at radius 1 is 1.00 bits per heavy atom. The SMILES string of the molecule is O=c1c2cccnc2s/c(=N\c2ccc(Cl)cc2)n1Cc1ccccc1. The molecule has 2 aromatic heterocycles. The van der Waals surface area contributed by atoms with E-state index >= 15 is 0 Å². The van der Waals surface area contributed by atoms with Crippen LogP contribution in [-0.4, -0.2) is 9.55 Å². The zero-order valence-corrected chi connectivity index (χ0v) is 15.2. The van der Waals surface area contributed by atoms with E-state index in [0.717, 1.165) is 11.3 Å². The lowest BCUT2D eigenvalue weighted by Gasteiger charge is -2.08. The van der Waals surface area contributed by atoms with Gasteiger partial charge in [0.2, 0.25) is 0 Å². The zero-order valence-electron chi connectivity index (χ0n) is 13.7. The quantitative estimate of drug-likeness (QED) is 0.530. The van der Waals surface area contributed by atoms with Crippen LogP contribution in [0, 0.1) is 0 Å². The number of fused-ring (bicyclic) bond motifs is 1. The third kappa shape index (κ3) is 3.45. The maximum atomic E-state index is 13.0. The molecule has 4 nitrogen and oxygen atoms in total. The lowest BCUT2D eigenvalue weighted by Crippen LogP contribution is -2.32. The molecule has 4 aromatic rings. The first kappa shape index (κ1) is 16.7. The summed E-state index contributed by atoms with van der Waals surface area (Å²) in [4.78, 5) is 23.3. The molecule has 0 unspecified atom stereocenters. The van der Waals surface area contributed by atoms with Gasteiger partial charge in [0, 0.05) is 11.2 Å². The fourth-order valence-electron chi connectivity index (χ4n) is 2.62. The summed E-state index contributed by atoms with van der Waals surface area (Å²) < 4.78 is 1.69. The molecule has 0 N–H and O–H groups in total. The summed E-state index contributed by atoms with van der Waals surface area (Å²) >= 11 is 7.35. The van der Waals surface area contributed by atoms with Crippen LogP contribution in [0.15, 0.2) is 82.7 Å². The van der Waals surface area contributed by atoms with Crippen LogP contribution >= 0.6 is 22.9 Å². The predicted octanol–water partition coefficient (Wildman–Crippen LogP) is 4.39. The maximum absolute atomic E-state index is 13.0. The molecule has 6 heteroatoms. The van der Waals surface area contributed by atoms with Crippen molar-refractivity contribution >= 4 is 38.8 Å². The molecule has 0 atom stereocenters. The van der Waals surface area contributed by atoms with Gasteiger partial charge in [0.05, 0.1) is 17.6 Å². The highest BCUT2D eigenvalue weighted by molar-refractivity contribution is 7.15. The van der Waals surface area contributed by atoms with Crippen LogP contribution in [0.5, 0.6) is 0 Å². The van der Waals surface area contributed by atoms with E-state index < -0.39 is 0 Å². The van der Waals surface area contributed by atoms with Gasteiger partial charge in [-0.3, -0.25) is 9.36 Å². The largest absolute Gasteiger partial charge is 0.279 e. The lowest BCUT2D eigenvalue weighted by molar-refractivity contribution is 0.739. The second-order valence-corrected chi connectivity index (χ2v) is 7.10. The molecule has 26 heavy (non-hydrogen) atoms. The maximum Gasteiger partial charge on any atom is 0.263 e. The zero-order chi connectivity index (χ0) is 17.9. The number of hydrogen-bond acceptors (Lipinski definition) is 4. The first-order valence-corrected chi connectivity index (χ1v) is 9.23. The molecule has 0 saturated heterocycles. The van der Waals surface area contributed by atoms with Crippen LogP contribution in [0.2, 0.25) is 5.02 Å². The van der Waals surface area contributed by atoms with Crippen molar-refractivity contribution in [3.8, 4) is 0 Å². The van der Waals surface area contributed by atoms with Gasteiger partial charge < -0.3 is 0 Å². The first-order chi connectivity index (χ1) is 12.7. The Labute approximate surface area is 158 Å². The molecule has 0 fully saturated rings. The lowest BCUT2D eigenvalue weighted by atomic mass is 10.2. The van der Waals surface area contributed by atoms with Crippen molar-refractivity contribution < 1.29 is 0 Å². The van der Waals surface area contributed by atoms with E-state index in [1.807, 2.05) is 42.5 Å². The summed E-state index contributed by atoms with van der Waals surface area (Å²) in [6.45, 7) is 0.452. The molecule has 0 spiro atoms. The van der Waals surface area contributed by atoms with Crippen molar-refractivity contribution in [1.82, 2.24) is 9.55 Å². The monoisotopic (exact) mass is 379 g/mol. The summed E-state index contributed by atoms with van der Waals surface area (Å²) in [7, 11) is 0. The topological polar surface area (TPSA) is 47.2 Å². The van der Waals surface area contributed by atoms with Crippen molar-refractivity contribution in [2.45, 2.75) is 6.54 Å². The summed E-state index contributed by atoms with van der Waals surface area (Å²) in [6, 6.07) is 20.7. The Morgan fingerprint density at radius 3 is 2.54 bits per heavy atom. The second-order valence-electron chi connectivity index (χ2n) is 5.71. The van der Waals surface area contributed by atoms with Crippen molar-refractivity contribution in [3.63, 3.8) is 0 Å². The van der Waals surface area contributed by atoms with Gasteiger partial charge in [0.25, 0.3) is 5.56 Å². The second kappa shape index (κ2) is 7.23. The number of rotatable bonds is 3. The molecule has 0 aliphatic carbocycles. The van der Waals surface area contributed by atoms with Gasteiger partial charge in [-0.15, -0.1) is 0 Å². The van der Waals surface area contributed by atoms with Gasteiger partial charge in [-0.2, -0.15) is 0 Å². The summed E-state index contributed by atoms with van der Waals surface area (Å²) in [6.07, 6.45) is 1.69.